The summed E-state index contributed by atoms with van der Waals surface area (Å²) in [6.07, 6.45) is 1.63. The zero-order valence-electron chi connectivity index (χ0n) is 22.7. The molecule has 3 N–H and O–H groups in total. The average Bonchev–Trinajstić information content (AvgIpc) is 3.55. The molecule has 1 atom stereocenters. The number of hydrogen-bond acceptors (Lipinski definition) is 5. The smallest absolute Gasteiger partial charge is 0.272 e. The molecule has 0 fully saturated rings. The Hall–Kier alpha value is -4.99. The molecule has 5 rings (SSSR count). The number of nitrogens with one attached hydrogen (secondary N) is 3. The standard InChI is InChI=1S/C34H26FN3O3S2/c35-25-16-18-26(19-17-25)36-34(41)31(23-9-3-1-4-10-23)43-29-14-7-13-27(21-29)37-33(40)30(22-28-15-8-20-42-28)38-32(39)24-11-5-2-6-12-24/h1-22,31H,(H,36,41)(H,37,40)(H,38,39)/b30-22-. The number of halogens is 1. The summed E-state index contributed by atoms with van der Waals surface area (Å²) in [5, 5.41) is 9.73. The molecule has 6 nitrogen and oxygen atoms in total. The Bertz CT molecular complexity index is 1730. The van der Waals surface area contributed by atoms with Gasteiger partial charge in [-0.05, 0) is 77.7 Å². The molecule has 0 radical (unpaired) electrons. The van der Waals surface area contributed by atoms with E-state index in [9.17, 15) is 18.8 Å². The molecule has 1 unspecified atom stereocenters. The summed E-state index contributed by atoms with van der Waals surface area (Å²) in [6, 6.07) is 34.4. The average molecular weight is 608 g/mol. The van der Waals surface area contributed by atoms with Gasteiger partial charge in [-0.15, -0.1) is 23.1 Å². The van der Waals surface area contributed by atoms with E-state index in [1.165, 1.54) is 47.4 Å². The third kappa shape index (κ3) is 8.28. The van der Waals surface area contributed by atoms with Gasteiger partial charge in [-0.1, -0.05) is 60.7 Å². The summed E-state index contributed by atoms with van der Waals surface area (Å²) in [6.45, 7) is 0. The molecule has 0 saturated heterocycles. The lowest BCUT2D eigenvalue weighted by Crippen LogP contribution is -2.30. The Balaban J connectivity index is 1.35. The molecule has 1 heterocycles. The number of thiophene rings is 1. The van der Waals surface area contributed by atoms with E-state index in [0.717, 1.165) is 15.3 Å². The fourth-order valence-corrected chi connectivity index (χ4v) is 5.82. The number of thioether (sulfide) groups is 1. The molecule has 0 aliphatic heterocycles. The molecular formula is C34H26FN3O3S2. The number of carbonyl (C=O) groups excluding carboxylic acids is 3. The van der Waals surface area contributed by atoms with Crippen molar-refractivity contribution in [2.24, 2.45) is 0 Å². The largest absolute Gasteiger partial charge is 0.325 e. The van der Waals surface area contributed by atoms with Crippen molar-refractivity contribution in [3.05, 3.63) is 154 Å². The van der Waals surface area contributed by atoms with Crippen molar-refractivity contribution in [3.8, 4) is 0 Å². The van der Waals surface area contributed by atoms with Crippen molar-refractivity contribution in [2.75, 3.05) is 10.6 Å². The van der Waals surface area contributed by atoms with Gasteiger partial charge < -0.3 is 16.0 Å². The van der Waals surface area contributed by atoms with E-state index in [4.69, 9.17) is 0 Å². The molecule has 1 aromatic heterocycles. The lowest BCUT2D eigenvalue weighted by molar-refractivity contribution is -0.116. The van der Waals surface area contributed by atoms with E-state index in [2.05, 4.69) is 16.0 Å². The van der Waals surface area contributed by atoms with Crippen LogP contribution in [-0.4, -0.2) is 17.7 Å². The van der Waals surface area contributed by atoms with Crippen LogP contribution < -0.4 is 16.0 Å². The van der Waals surface area contributed by atoms with E-state index in [0.29, 0.717) is 16.9 Å². The molecule has 214 valence electrons. The number of amides is 3. The van der Waals surface area contributed by atoms with Crippen LogP contribution in [0.15, 0.2) is 137 Å². The van der Waals surface area contributed by atoms with Gasteiger partial charge in [0, 0.05) is 26.7 Å². The highest BCUT2D eigenvalue weighted by atomic mass is 32.2. The Morgan fingerprint density at radius 3 is 2.16 bits per heavy atom. The van der Waals surface area contributed by atoms with Crippen LogP contribution in [0.3, 0.4) is 0 Å². The van der Waals surface area contributed by atoms with E-state index in [1.807, 2.05) is 60.0 Å². The highest BCUT2D eigenvalue weighted by molar-refractivity contribution is 8.00. The van der Waals surface area contributed by atoms with Crippen LogP contribution in [0.2, 0.25) is 0 Å². The second-order valence-corrected chi connectivity index (χ2v) is 11.4. The maximum Gasteiger partial charge on any atom is 0.272 e. The van der Waals surface area contributed by atoms with Gasteiger partial charge in [0.1, 0.15) is 16.8 Å². The first-order valence-electron chi connectivity index (χ1n) is 13.3. The van der Waals surface area contributed by atoms with Crippen LogP contribution in [0.5, 0.6) is 0 Å². The van der Waals surface area contributed by atoms with Gasteiger partial charge in [0.2, 0.25) is 5.91 Å². The number of benzene rings is 4. The molecule has 5 aromatic rings. The number of anilines is 2. The minimum Gasteiger partial charge on any atom is -0.325 e. The number of hydrogen-bond donors (Lipinski definition) is 3. The van der Waals surface area contributed by atoms with Gasteiger partial charge in [0.15, 0.2) is 0 Å². The van der Waals surface area contributed by atoms with Gasteiger partial charge in [-0.25, -0.2) is 4.39 Å². The van der Waals surface area contributed by atoms with E-state index >= 15 is 0 Å². The monoisotopic (exact) mass is 607 g/mol. The normalized spacial score (nSPS) is 11.8. The summed E-state index contributed by atoms with van der Waals surface area (Å²) in [7, 11) is 0. The number of carbonyl (C=O) groups is 3. The Kier molecular flexibility index (Phi) is 9.78. The van der Waals surface area contributed by atoms with E-state index < -0.39 is 17.1 Å². The van der Waals surface area contributed by atoms with Crippen LogP contribution in [0.1, 0.15) is 26.0 Å². The zero-order valence-corrected chi connectivity index (χ0v) is 24.3. The van der Waals surface area contributed by atoms with Crippen molar-refractivity contribution < 1.29 is 18.8 Å². The minimum absolute atomic E-state index is 0.0928. The Morgan fingerprint density at radius 2 is 1.47 bits per heavy atom. The van der Waals surface area contributed by atoms with Crippen LogP contribution in [0.25, 0.3) is 6.08 Å². The van der Waals surface area contributed by atoms with Crippen LogP contribution in [0.4, 0.5) is 15.8 Å². The van der Waals surface area contributed by atoms with Crippen LogP contribution >= 0.6 is 23.1 Å². The molecule has 0 aliphatic rings. The highest BCUT2D eigenvalue weighted by Gasteiger charge is 2.23. The predicted molar refractivity (Wildman–Crippen MR) is 171 cm³/mol. The molecule has 43 heavy (non-hydrogen) atoms. The first-order chi connectivity index (χ1) is 20.9. The Labute approximate surface area is 256 Å². The van der Waals surface area contributed by atoms with Gasteiger partial charge in [-0.3, -0.25) is 14.4 Å². The maximum absolute atomic E-state index is 13.4. The summed E-state index contributed by atoms with van der Waals surface area (Å²) in [5.74, 6) is -1.56. The molecular weight excluding hydrogens is 582 g/mol. The van der Waals surface area contributed by atoms with Crippen molar-refractivity contribution in [1.82, 2.24) is 5.32 Å². The van der Waals surface area contributed by atoms with Gasteiger partial charge in [0.05, 0.1) is 0 Å². The van der Waals surface area contributed by atoms with Crippen LogP contribution in [-0.2, 0) is 9.59 Å². The molecule has 4 aromatic carbocycles. The fourth-order valence-electron chi connectivity index (χ4n) is 4.08. The minimum atomic E-state index is -0.628. The molecule has 0 aliphatic carbocycles. The lowest BCUT2D eigenvalue weighted by atomic mass is 10.1. The third-order valence-electron chi connectivity index (χ3n) is 6.16. The summed E-state index contributed by atoms with van der Waals surface area (Å²) in [4.78, 5) is 41.2. The van der Waals surface area contributed by atoms with Crippen molar-refractivity contribution >= 4 is 58.3 Å². The lowest BCUT2D eigenvalue weighted by Gasteiger charge is -2.18. The van der Waals surface area contributed by atoms with Gasteiger partial charge >= 0.3 is 0 Å². The fraction of sp³-hybridized carbons (Fsp3) is 0.0294. The summed E-state index contributed by atoms with van der Waals surface area (Å²) in [5.41, 5.74) is 2.28. The molecule has 0 spiro atoms. The first-order valence-corrected chi connectivity index (χ1v) is 15.0. The zero-order chi connectivity index (χ0) is 30.0. The van der Waals surface area contributed by atoms with Gasteiger partial charge in [-0.2, -0.15) is 0 Å². The Morgan fingerprint density at radius 1 is 0.744 bits per heavy atom. The second-order valence-electron chi connectivity index (χ2n) is 9.28. The quantitative estimate of drug-likeness (QED) is 0.112. The first kappa shape index (κ1) is 29.5. The third-order valence-corrected chi connectivity index (χ3v) is 8.22. The van der Waals surface area contributed by atoms with E-state index in [-0.39, 0.29) is 17.4 Å². The summed E-state index contributed by atoms with van der Waals surface area (Å²) < 4.78 is 13.4. The second kappa shape index (κ2) is 14.3. The SMILES string of the molecule is O=C(Nc1cccc(SC(C(=O)Nc2ccc(F)cc2)c2ccccc2)c1)/C(=C/c1cccs1)NC(=O)c1ccccc1. The molecule has 0 saturated carbocycles. The van der Waals surface area contributed by atoms with Crippen molar-refractivity contribution in [1.29, 1.82) is 0 Å². The topological polar surface area (TPSA) is 87.3 Å². The van der Waals surface area contributed by atoms with Crippen LogP contribution in [0, 0.1) is 5.82 Å². The van der Waals surface area contributed by atoms with Crippen molar-refractivity contribution in [3.63, 3.8) is 0 Å². The highest BCUT2D eigenvalue weighted by Crippen LogP contribution is 2.37. The molecule has 3 amide bonds. The predicted octanol–water partition coefficient (Wildman–Crippen LogP) is 7.77. The molecule has 9 heteroatoms. The number of rotatable bonds is 10. The molecule has 0 bridgehead atoms. The summed E-state index contributed by atoms with van der Waals surface area (Å²) >= 11 is 2.75. The van der Waals surface area contributed by atoms with Crippen molar-refractivity contribution in [2.45, 2.75) is 10.1 Å². The maximum atomic E-state index is 13.4. The van der Waals surface area contributed by atoms with Gasteiger partial charge in [0.25, 0.3) is 11.8 Å². The van der Waals surface area contributed by atoms with E-state index in [1.54, 1.807) is 48.5 Å².